The van der Waals surface area contributed by atoms with Crippen LogP contribution in [-0.4, -0.2) is 23.1 Å². The number of ether oxygens (including phenoxy) is 2. The average Bonchev–Trinajstić information content (AvgIpc) is 3.27. The zero-order chi connectivity index (χ0) is 19.7. The van der Waals surface area contributed by atoms with Gasteiger partial charge in [0.2, 0.25) is 6.79 Å². The number of carbonyl (C=O) groups is 1. The molecule has 2 heterocycles. The molecule has 0 spiro atoms. The first-order valence-corrected chi connectivity index (χ1v) is 9.60. The van der Waals surface area contributed by atoms with E-state index >= 15 is 0 Å². The predicted octanol–water partition coefficient (Wildman–Crippen LogP) is 4.11. The summed E-state index contributed by atoms with van der Waals surface area (Å²) in [7, 11) is 0. The van der Waals surface area contributed by atoms with Gasteiger partial charge in [-0.1, -0.05) is 35.5 Å². The molecule has 6 nitrogen and oxygen atoms in total. The number of nitrogens with zero attached hydrogens (tertiary/aromatic N) is 3. The first-order chi connectivity index (χ1) is 13.5. The number of fused-ring (bicyclic) bond motifs is 1. The fraction of sp³-hybridized carbons (Fsp3) is 0.190. The van der Waals surface area contributed by atoms with Crippen molar-refractivity contribution in [2.75, 3.05) is 11.7 Å². The normalized spacial score (nSPS) is 17.6. The molecule has 0 aliphatic carbocycles. The molecule has 140 valence electrons. The van der Waals surface area contributed by atoms with Gasteiger partial charge in [-0.25, -0.2) is 4.99 Å². The van der Waals surface area contributed by atoms with Gasteiger partial charge in [-0.3, -0.25) is 9.69 Å². The van der Waals surface area contributed by atoms with E-state index in [0.717, 1.165) is 16.8 Å². The summed E-state index contributed by atoms with van der Waals surface area (Å²) < 4.78 is 10.7. The summed E-state index contributed by atoms with van der Waals surface area (Å²) in [5.41, 5.74) is 2.93. The third kappa shape index (κ3) is 3.47. The van der Waals surface area contributed by atoms with Crippen molar-refractivity contribution in [3.8, 4) is 17.6 Å². The summed E-state index contributed by atoms with van der Waals surface area (Å²) in [5.74, 6) is 1.10. The molecule has 0 saturated carbocycles. The van der Waals surface area contributed by atoms with Crippen molar-refractivity contribution in [3.63, 3.8) is 0 Å². The van der Waals surface area contributed by atoms with E-state index in [1.165, 1.54) is 11.8 Å². The summed E-state index contributed by atoms with van der Waals surface area (Å²) in [4.78, 5) is 19.2. The van der Waals surface area contributed by atoms with E-state index in [4.69, 9.17) is 9.47 Å². The van der Waals surface area contributed by atoms with Crippen molar-refractivity contribution in [3.05, 3.63) is 59.3 Å². The van der Waals surface area contributed by atoms with Crippen molar-refractivity contribution >= 4 is 34.6 Å². The van der Waals surface area contributed by atoms with Crippen LogP contribution in [0.1, 0.15) is 18.1 Å². The number of rotatable bonds is 3. The molecule has 0 bridgehead atoms. The first kappa shape index (κ1) is 18.1. The second-order valence-corrected chi connectivity index (χ2v) is 7.71. The second kappa shape index (κ2) is 7.41. The zero-order valence-corrected chi connectivity index (χ0v) is 16.2. The van der Waals surface area contributed by atoms with E-state index in [1.807, 2.05) is 49.4 Å². The maximum Gasteiger partial charge on any atom is 0.283 e. The molecule has 2 aliphatic rings. The highest BCUT2D eigenvalue weighted by molar-refractivity contribution is 8.15. The molecule has 4 rings (SSSR count). The maximum atomic E-state index is 13.1. The lowest BCUT2D eigenvalue weighted by Crippen LogP contribution is -2.31. The van der Waals surface area contributed by atoms with Crippen molar-refractivity contribution in [2.24, 2.45) is 4.99 Å². The van der Waals surface area contributed by atoms with E-state index in [2.05, 4.69) is 11.1 Å². The van der Waals surface area contributed by atoms with E-state index < -0.39 is 0 Å². The Morgan fingerprint density at radius 3 is 2.71 bits per heavy atom. The van der Waals surface area contributed by atoms with Gasteiger partial charge in [0.1, 0.15) is 5.70 Å². The lowest BCUT2D eigenvalue weighted by Gasteiger charge is -2.18. The van der Waals surface area contributed by atoms with Gasteiger partial charge in [0.05, 0.1) is 17.0 Å². The molecule has 7 heteroatoms. The Hall–Kier alpha value is -3.24. The highest BCUT2D eigenvalue weighted by atomic mass is 32.2. The molecule has 0 radical (unpaired) electrons. The van der Waals surface area contributed by atoms with Crippen LogP contribution in [0.25, 0.3) is 6.08 Å². The minimum Gasteiger partial charge on any atom is -0.454 e. The van der Waals surface area contributed by atoms with Crippen molar-refractivity contribution < 1.29 is 14.3 Å². The topological polar surface area (TPSA) is 74.9 Å². The molecule has 0 saturated heterocycles. The number of hydrogen-bond donors (Lipinski definition) is 0. The monoisotopic (exact) mass is 391 g/mol. The molecule has 2 aromatic carbocycles. The van der Waals surface area contributed by atoms with Crippen molar-refractivity contribution in [1.29, 1.82) is 5.26 Å². The van der Waals surface area contributed by atoms with Crippen LogP contribution in [0.3, 0.4) is 0 Å². The van der Waals surface area contributed by atoms with E-state index in [1.54, 1.807) is 17.9 Å². The molecule has 1 amide bonds. The Morgan fingerprint density at radius 2 is 1.96 bits per heavy atom. The van der Waals surface area contributed by atoms with E-state index in [9.17, 15) is 10.1 Å². The molecule has 0 aromatic heterocycles. The summed E-state index contributed by atoms with van der Waals surface area (Å²) >= 11 is 1.26. The van der Waals surface area contributed by atoms with Gasteiger partial charge < -0.3 is 9.47 Å². The molecular weight excluding hydrogens is 374 g/mol. The number of benzene rings is 2. The molecule has 0 fully saturated rings. The minimum atomic E-state index is -0.329. The van der Waals surface area contributed by atoms with Gasteiger partial charge in [0.25, 0.3) is 5.91 Å². The van der Waals surface area contributed by atoms with Crippen LogP contribution in [0, 0.1) is 18.3 Å². The van der Waals surface area contributed by atoms with Gasteiger partial charge in [0, 0.05) is 0 Å². The lowest BCUT2D eigenvalue weighted by atomic mass is 10.1. The van der Waals surface area contributed by atoms with Crippen molar-refractivity contribution in [2.45, 2.75) is 19.1 Å². The Balaban J connectivity index is 1.70. The number of carbonyl (C=O) groups excluding carboxylic acids is 1. The van der Waals surface area contributed by atoms with Gasteiger partial charge in [-0.05, 0) is 49.8 Å². The Kier molecular flexibility index (Phi) is 4.80. The first-order valence-electron chi connectivity index (χ1n) is 8.72. The Labute approximate surface area is 167 Å². The maximum absolute atomic E-state index is 13.1. The quantitative estimate of drug-likeness (QED) is 0.736. The number of amidine groups is 1. The van der Waals surface area contributed by atoms with Gasteiger partial charge in [0.15, 0.2) is 16.7 Å². The molecule has 0 unspecified atom stereocenters. The largest absolute Gasteiger partial charge is 0.454 e. The van der Waals surface area contributed by atoms with Crippen LogP contribution >= 0.6 is 11.8 Å². The van der Waals surface area contributed by atoms with Crippen LogP contribution in [0.4, 0.5) is 5.69 Å². The highest BCUT2D eigenvalue weighted by Crippen LogP contribution is 2.35. The number of nitriles is 1. The highest BCUT2D eigenvalue weighted by Gasteiger charge is 2.33. The van der Waals surface area contributed by atoms with Crippen LogP contribution in [0.5, 0.6) is 11.5 Å². The smallest absolute Gasteiger partial charge is 0.283 e. The SMILES string of the molecule is Cc1ccc(N2C(=O)/C(=C/c3ccc4c(c3)OCO4)N=C2S[C@H](C)C#N)cc1. The van der Waals surface area contributed by atoms with Crippen LogP contribution in [0.2, 0.25) is 0 Å². The lowest BCUT2D eigenvalue weighted by molar-refractivity contribution is -0.113. The third-order valence-corrected chi connectivity index (χ3v) is 5.23. The number of amides is 1. The fourth-order valence-corrected chi connectivity index (χ4v) is 3.66. The van der Waals surface area contributed by atoms with E-state index in [0.29, 0.717) is 22.4 Å². The standard InChI is InChI=1S/C21H17N3O3S/c1-13-3-6-16(7-4-13)24-20(25)17(23-21(24)28-14(2)11-22)9-15-5-8-18-19(10-15)27-12-26-18/h3-10,14H,12H2,1-2H3/b17-9-/t14-/m1/s1. The number of aryl methyl sites for hydroxylation is 1. The summed E-state index contributed by atoms with van der Waals surface area (Å²) in [6.45, 7) is 3.97. The van der Waals surface area contributed by atoms with Crippen LogP contribution in [0.15, 0.2) is 53.2 Å². The summed E-state index contributed by atoms with van der Waals surface area (Å²) in [5, 5.41) is 9.34. The Bertz CT molecular complexity index is 1040. The van der Waals surface area contributed by atoms with Crippen LogP contribution in [-0.2, 0) is 4.79 Å². The second-order valence-electron chi connectivity index (χ2n) is 6.40. The fourth-order valence-electron chi connectivity index (χ4n) is 2.84. The van der Waals surface area contributed by atoms with Gasteiger partial charge in [-0.15, -0.1) is 0 Å². The van der Waals surface area contributed by atoms with Gasteiger partial charge >= 0.3 is 0 Å². The molecule has 2 aromatic rings. The minimum absolute atomic E-state index is 0.195. The summed E-state index contributed by atoms with van der Waals surface area (Å²) in [6.07, 6.45) is 1.72. The molecule has 2 aliphatic heterocycles. The Morgan fingerprint density at radius 1 is 1.21 bits per heavy atom. The third-order valence-electron chi connectivity index (χ3n) is 4.29. The summed E-state index contributed by atoms with van der Waals surface area (Å²) in [6, 6.07) is 15.3. The van der Waals surface area contributed by atoms with Crippen LogP contribution < -0.4 is 14.4 Å². The molecule has 28 heavy (non-hydrogen) atoms. The average molecular weight is 391 g/mol. The number of hydrogen-bond acceptors (Lipinski definition) is 6. The molecule has 0 N–H and O–H groups in total. The number of thioether (sulfide) groups is 1. The molecular formula is C21H17N3O3S. The van der Waals surface area contributed by atoms with Gasteiger partial charge in [-0.2, -0.15) is 5.26 Å². The number of anilines is 1. The van der Waals surface area contributed by atoms with E-state index in [-0.39, 0.29) is 18.0 Å². The predicted molar refractivity (Wildman–Crippen MR) is 109 cm³/mol. The molecule has 1 atom stereocenters. The van der Waals surface area contributed by atoms with Crippen molar-refractivity contribution in [1.82, 2.24) is 0 Å². The number of aliphatic imine (C=N–C) groups is 1. The zero-order valence-electron chi connectivity index (χ0n) is 15.4.